The molecule has 0 spiro atoms. The Hall–Kier alpha value is -2.88. The third kappa shape index (κ3) is 5.84. The van der Waals surface area contributed by atoms with Crippen LogP contribution in [0, 0.1) is 0 Å². The zero-order valence-electron chi connectivity index (χ0n) is 17.0. The summed E-state index contributed by atoms with van der Waals surface area (Å²) < 4.78 is 50.8. The highest BCUT2D eigenvalue weighted by atomic mass is 32.2. The van der Waals surface area contributed by atoms with Crippen molar-refractivity contribution < 1.29 is 27.4 Å². The summed E-state index contributed by atoms with van der Waals surface area (Å²) in [5.41, 5.74) is -0.394. The van der Waals surface area contributed by atoms with Crippen LogP contribution in [0.5, 0.6) is 11.5 Å². The molecule has 2 aromatic rings. The van der Waals surface area contributed by atoms with Crippen LogP contribution in [0.1, 0.15) is 28.5 Å². The van der Waals surface area contributed by atoms with Crippen molar-refractivity contribution in [3.63, 3.8) is 0 Å². The lowest BCUT2D eigenvalue weighted by molar-refractivity contribution is -0.141. The average Bonchev–Trinajstić information content (AvgIpc) is 2.75. The van der Waals surface area contributed by atoms with Crippen LogP contribution in [0.2, 0.25) is 0 Å². The number of alkyl halides is 3. The number of para-hydroxylation sites is 1. The number of nitrogens with one attached hydrogen (secondary N) is 2. The summed E-state index contributed by atoms with van der Waals surface area (Å²) in [5, 5.41) is 7.41. The predicted octanol–water partition coefficient (Wildman–Crippen LogP) is 4.48. The molecule has 1 aliphatic rings. The first-order valence-corrected chi connectivity index (χ1v) is 10.8. The van der Waals surface area contributed by atoms with E-state index in [0.29, 0.717) is 30.3 Å². The zero-order valence-corrected chi connectivity index (χ0v) is 17.8. The molecule has 0 saturated heterocycles. The molecule has 0 saturated carbocycles. The van der Waals surface area contributed by atoms with Crippen LogP contribution in [-0.4, -0.2) is 36.4 Å². The number of amides is 1. The maximum absolute atomic E-state index is 13.2. The van der Waals surface area contributed by atoms with Gasteiger partial charge >= 0.3 is 6.18 Å². The highest BCUT2D eigenvalue weighted by Gasteiger charge is 2.33. The molecule has 166 valence electrons. The van der Waals surface area contributed by atoms with E-state index < -0.39 is 17.8 Å². The van der Waals surface area contributed by atoms with Crippen LogP contribution in [0.15, 0.2) is 41.8 Å². The second kappa shape index (κ2) is 9.95. The molecule has 2 heterocycles. The van der Waals surface area contributed by atoms with Crippen LogP contribution in [0.4, 0.5) is 19.0 Å². The number of fused-ring (bicyclic) bond motifs is 1. The monoisotopic (exact) mass is 453 g/mol. The first-order chi connectivity index (χ1) is 14.8. The first kappa shape index (κ1) is 22.8. The number of carbonyl (C=O) groups excluding carboxylic acids is 1. The molecule has 1 aromatic carbocycles. The molecule has 6 nitrogen and oxygen atoms in total. The van der Waals surface area contributed by atoms with Gasteiger partial charge in [-0.3, -0.25) is 4.79 Å². The summed E-state index contributed by atoms with van der Waals surface area (Å²) in [6.07, 6.45) is -0.979. The second-order valence-electron chi connectivity index (χ2n) is 6.71. The highest BCUT2D eigenvalue weighted by Crippen LogP contribution is 2.34. The normalized spacial score (nSPS) is 14.4. The van der Waals surface area contributed by atoms with E-state index in [4.69, 9.17) is 9.47 Å². The van der Waals surface area contributed by atoms with Crippen molar-refractivity contribution in [3.05, 3.63) is 58.6 Å². The molecule has 0 aliphatic carbocycles. The van der Waals surface area contributed by atoms with E-state index in [0.717, 1.165) is 12.1 Å². The minimum atomic E-state index is -4.64. The first-order valence-electron chi connectivity index (χ1n) is 9.49. The maximum atomic E-state index is 13.2. The standard InChI is InChI=1S/C21H22F3N3O3S/c1-13(8-11-31-2)26-20(28)15-6-7-17(21(22,23)24)27-19(15)25-12-14-4-3-5-16-18(14)30-10-9-29-16/h3-8,11,13H,9-10,12H2,1-2H3,(H,25,27)(H,26,28)/b11-8+. The molecule has 2 N–H and O–H groups in total. The number of hydrogen-bond donors (Lipinski definition) is 2. The number of rotatable bonds is 7. The SMILES string of the molecule is CS/C=C/C(C)NC(=O)c1ccc(C(F)(F)F)nc1NCc1cccc2c1OCCO2. The number of pyridine rings is 1. The van der Waals surface area contributed by atoms with Gasteiger partial charge in [-0.2, -0.15) is 13.2 Å². The van der Waals surface area contributed by atoms with E-state index in [1.165, 1.54) is 11.8 Å². The molecule has 1 amide bonds. The van der Waals surface area contributed by atoms with Crippen LogP contribution in [0.25, 0.3) is 0 Å². The minimum Gasteiger partial charge on any atom is -0.486 e. The number of aromatic nitrogens is 1. The summed E-state index contributed by atoms with van der Waals surface area (Å²) in [7, 11) is 0. The minimum absolute atomic E-state index is 0.0133. The number of carbonyl (C=O) groups is 1. The van der Waals surface area contributed by atoms with Crippen LogP contribution < -0.4 is 20.1 Å². The molecule has 0 radical (unpaired) electrons. The third-order valence-electron chi connectivity index (χ3n) is 4.39. The summed E-state index contributed by atoms with van der Waals surface area (Å²) >= 11 is 1.47. The van der Waals surface area contributed by atoms with Gasteiger partial charge in [-0.15, -0.1) is 11.8 Å². The fourth-order valence-electron chi connectivity index (χ4n) is 2.92. The van der Waals surface area contributed by atoms with Crippen molar-refractivity contribution in [2.45, 2.75) is 25.7 Å². The van der Waals surface area contributed by atoms with E-state index in [1.54, 1.807) is 31.2 Å². The number of thioether (sulfide) groups is 1. The fraction of sp³-hybridized carbons (Fsp3) is 0.333. The van der Waals surface area contributed by atoms with E-state index in [1.807, 2.05) is 11.7 Å². The highest BCUT2D eigenvalue weighted by molar-refractivity contribution is 8.01. The molecule has 31 heavy (non-hydrogen) atoms. The number of benzene rings is 1. The zero-order chi connectivity index (χ0) is 22.4. The number of anilines is 1. The van der Waals surface area contributed by atoms with E-state index in [9.17, 15) is 18.0 Å². The number of hydrogen-bond acceptors (Lipinski definition) is 6. The van der Waals surface area contributed by atoms with Gasteiger partial charge in [-0.1, -0.05) is 18.2 Å². The number of halogens is 3. The van der Waals surface area contributed by atoms with Crippen molar-refractivity contribution >= 4 is 23.5 Å². The van der Waals surface area contributed by atoms with E-state index in [2.05, 4.69) is 15.6 Å². The van der Waals surface area contributed by atoms with Gasteiger partial charge in [0.1, 0.15) is 24.7 Å². The van der Waals surface area contributed by atoms with Crippen molar-refractivity contribution in [3.8, 4) is 11.5 Å². The van der Waals surface area contributed by atoms with Gasteiger partial charge < -0.3 is 20.1 Å². The summed E-state index contributed by atoms with van der Waals surface area (Å²) in [5.74, 6) is 0.393. The van der Waals surface area contributed by atoms with Crippen molar-refractivity contribution in [1.82, 2.24) is 10.3 Å². The van der Waals surface area contributed by atoms with Gasteiger partial charge in [0.25, 0.3) is 5.91 Å². The van der Waals surface area contributed by atoms with E-state index >= 15 is 0 Å². The predicted molar refractivity (Wildman–Crippen MR) is 114 cm³/mol. The lowest BCUT2D eigenvalue weighted by atomic mass is 10.1. The Kier molecular flexibility index (Phi) is 7.32. The fourth-order valence-corrected chi connectivity index (χ4v) is 3.31. The molecule has 1 unspecified atom stereocenters. The molecule has 10 heteroatoms. The van der Waals surface area contributed by atoms with Gasteiger partial charge in [0, 0.05) is 18.2 Å². The lowest BCUT2D eigenvalue weighted by Crippen LogP contribution is -2.32. The van der Waals surface area contributed by atoms with Crippen molar-refractivity contribution in [2.24, 2.45) is 0 Å². The van der Waals surface area contributed by atoms with Crippen LogP contribution in [-0.2, 0) is 12.7 Å². The molecule has 0 bridgehead atoms. The quantitative estimate of drug-likeness (QED) is 0.644. The Morgan fingerprint density at radius 2 is 2.03 bits per heavy atom. The molecule has 1 aliphatic heterocycles. The van der Waals surface area contributed by atoms with Crippen LogP contribution in [0.3, 0.4) is 0 Å². The van der Waals surface area contributed by atoms with Crippen molar-refractivity contribution in [1.29, 1.82) is 0 Å². The lowest BCUT2D eigenvalue weighted by Gasteiger charge is -2.21. The molecule has 1 atom stereocenters. The van der Waals surface area contributed by atoms with Crippen molar-refractivity contribution in [2.75, 3.05) is 24.8 Å². The maximum Gasteiger partial charge on any atom is 0.433 e. The average molecular weight is 453 g/mol. The van der Waals surface area contributed by atoms with Gasteiger partial charge in [-0.25, -0.2) is 4.98 Å². The molecule has 0 fully saturated rings. The topological polar surface area (TPSA) is 72.5 Å². The third-order valence-corrected chi connectivity index (χ3v) is 4.82. The Balaban J connectivity index is 1.86. The molecular formula is C21H22F3N3O3S. The molecule has 1 aromatic heterocycles. The Labute approximate surface area is 182 Å². The Morgan fingerprint density at radius 1 is 1.26 bits per heavy atom. The van der Waals surface area contributed by atoms with Gasteiger partial charge in [-0.05, 0) is 36.8 Å². The number of nitrogens with zero attached hydrogens (tertiary/aromatic N) is 1. The molecular weight excluding hydrogens is 431 g/mol. The second-order valence-corrected chi connectivity index (χ2v) is 7.46. The Bertz CT molecular complexity index is 967. The summed E-state index contributed by atoms with van der Waals surface area (Å²) in [4.78, 5) is 16.4. The molecule has 3 rings (SSSR count). The summed E-state index contributed by atoms with van der Waals surface area (Å²) in [6, 6.07) is 6.90. The largest absolute Gasteiger partial charge is 0.486 e. The van der Waals surface area contributed by atoms with Gasteiger partial charge in [0.2, 0.25) is 0 Å². The number of ether oxygens (including phenoxy) is 2. The van der Waals surface area contributed by atoms with Gasteiger partial charge in [0.05, 0.1) is 5.56 Å². The summed E-state index contributed by atoms with van der Waals surface area (Å²) in [6.45, 7) is 2.67. The van der Waals surface area contributed by atoms with E-state index in [-0.39, 0.29) is 24.0 Å². The van der Waals surface area contributed by atoms with Gasteiger partial charge in [0.15, 0.2) is 11.5 Å². The van der Waals surface area contributed by atoms with Crippen LogP contribution >= 0.6 is 11.8 Å². The smallest absolute Gasteiger partial charge is 0.433 e. The Morgan fingerprint density at radius 3 is 2.77 bits per heavy atom.